The van der Waals surface area contributed by atoms with Gasteiger partial charge in [0.15, 0.2) is 0 Å². The molecule has 23 heavy (non-hydrogen) atoms. The van der Waals surface area contributed by atoms with Gasteiger partial charge in [0, 0.05) is 31.1 Å². The number of benzene rings is 1. The SMILES string of the molecule is CC1CCN(S(=O)(=O)c2ccc(NC(=O)CCCCl)cc2)CC1. The maximum absolute atomic E-state index is 12.6. The molecule has 0 bridgehead atoms. The summed E-state index contributed by atoms with van der Waals surface area (Å²) in [7, 11) is -3.44. The molecule has 5 nitrogen and oxygen atoms in total. The molecule has 7 heteroatoms. The molecule has 128 valence electrons. The van der Waals surface area contributed by atoms with Crippen LogP contribution in [0.4, 0.5) is 5.69 Å². The maximum atomic E-state index is 12.6. The Morgan fingerprint density at radius 3 is 2.43 bits per heavy atom. The first-order chi connectivity index (χ1) is 10.9. The average molecular weight is 359 g/mol. The maximum Gasteiger partial charge on any atom is 0.243 e. The topological polar surface area (TPSA) is 66.5 Å². The van der Waals surface area contributed by atoms with Crippen molar-refractivity contribution in [2.24, 2.45) is 5.92 Å². The van der Waals surface area contributed by atoms with Crippen molar-refractivity contribution in [1.82, 2.24) is 4.31 Å². The highest BCUT2D eigenvalue weighted by Gasteiger charge is 2.27. The van der Waals surface area contributed by atoms with E-state index >= 15 is 0 Å². The zero-order chi connectivity index (χ0) is 16.9. The number of rotatable bonds is 6. The predicted molar refractivity (Wildman–Crippen MR) is 92.2 cm³/mol. The van der Waals surface area contributed by atoms with Crippen LogP contribution in [0.25, 0.3) is 0 Å². The van der Waals surface area contributed by atoms with Crippen molar-refractivity contribution < 1.29 is 13.2 Å². The van der Waals surface area contributed by atoms with E-state index in [0.29, 0.717) is 43.4 Å². The normalized spacial score (nSPS) is 17.1. The highest BCUT2D eigenvalue weighted by molar-refractivity contribution is 7.89. The van der Waals surface area contributed by atoms with Crippen molar-refractivity contribution in [2.45, 2.75) is 37.5 Å². The summed E-state index contributed by atoms with van der Waals surface area (Å²) in [4.78, 5) is 11.9. The van der Waals surface area contributed by atoms with Gasteiger partial charge in [0.25, 0.3) is 0 Å². The molecule has 1 aromatic rings. The van der Waals surface area contributed by atoms with Gasteiger partial charge in [0.1, 0.15) is 0 Å². The molecule has 0 radical (unpaired) electrons. The van der Waals surface area contributed by atoms with Gasteiger partial charge in [-0.1, -0.05) is 6.92 Å². The third-order valence-electron chi connectivity index (χ3n) is 4.06. The third-order valence-corrected chi connectivity index (χ3v) is 6.24. The van der Waals surface area contributed by atoms with Gasteiger partial charge >= 0.3 is 0 Å². The highest BCUT2D eigenvalue weighted by Crippen LogP contribution is 2.24. The van der Waals surface area contributed by atoms with Crippen LogP contribution in [0.5, 0.6) is 0 Å². The Bertz CT molecular complexity index is 623. The number of carbonyl (C=O) groups excluding carboxylic acids is 1. The molecule has 1 saturated heterocycles. The van der Waals surface area contributed by atoms with Crippen molar-refractivity contribution in [3.05, 3.63) is 24.3 Å². The fourth-order valence-electron chi connectivity index (χ4n) is 2.54. The van der Waals surface area contributed by atoms with Crippen LogP contribution in [0.3, 0.4) is 0 Å². The molecule has 0 atom stereocenters. The van der Waals surface area contributed by atoms with E-state index in [4.69, 9.17) is 11.6 Å². The lowest BCUT2D eigenvalue weighted by Gasteiger charge is -2.29. The van der Waals surface area contributed by atoms with E-state index in [1.165, 1.54) is 0 Å². The Morgan fingerprint density at radius 1 is 1.26 bits per heavy atom. The van der Waals surface area contributed by atoms with E-state index in [0.717, 1.165) is 12.8 Å². The van der Waals surface area contributed by atoms with Gasteiger partial charge in [0.05, 0.1) is 4.90 Å². The van der Waals surface area contributed by atoms with Crippen LogP contribution >= 0.6 is 11.6 Å². The number of sulfonamides is 1. The molecular formula is C16H23ClN2O3S. The molecule has 1 aliphatic heterocycles. The largest absolute Gasteiger partial charge is 0.326 e. The standard InChI is InChI=1S/C16H23ClN2O3S/c1-13-8-11-19(12-9-13)23(21,22)15-6-4-14(5-7-15)18-16(20)3-2-10-17/h4-7,13H,2-3,8-12H2,1H3,(H,18,20). The van der Waals surface area contributed by atoms with E-state index in [2.05, 4.69) is 12.2 Å². The summed E-state index contributed by atoms with van der Waals surface area (Å²) in [5.74, 6) is 0.900. The number of halogens is 1. The molecule has 1 heterocycles. The molecule has 1 N–H and O–H groups in total. The summed E-state index contributed by atoms with van der Waals surface area (Å²) in [6, 6.07) is 6.34. The third kappa shape index (κ3) is 4.93. The summed E-state index contributed by atoms with van der Waals surface area (Å²) >= 11 is 5.55. The van der Waals surface area contributed by atoms with Crippen LogP contribution < -0.4 is 5.32 Å². The Kier molecular flexibility index (Phi) is 6.44. The van der Waals surface area contributed by atoms with Crippen molar-refractivity contribution in [2.75, 3.05) is 24.3 Å². The second-order valence-corrected chi connectivity index (χ2v) is 8.27. The Labute approximate surface area is 143 Å². The minimum atomic E-state index is -3.44. The monoisotopic (exact) mass is 358 g/mol. The van der Waals surface area contributed by atoms with Gasteiger partial charge in [-0.3, -0.25) is 4.79 Å². The van der Waals surface area contributed by atoms with Crippen molar-refractivity contribution >= 4 is 33.2 Å². The first-order valence-electron chi connectivity index (χ1n) is 7.89. The Balaban J connectivity index is 2.02. The average Bonchev–Trinajstić information content (AvgIpc) is 2.54. The minimum absolute atomic E-state index is 0.119. The lowest BCUT2D eigenvalue weighted by atomic mass is 10.0. The number of amides is 1. The Hall–Kier alpha value is -1.11. The summed E-state index contributed by atoms with van der Waals surface area (Å²) in [5, 5.41) is 2.73. The van der Waals surface area contributed by atoms with E-state index in [9.17, 15) is 13.2 Å². The van der Waals surface area contributed by atoms with Crippen molar-refractivity contribution in [1.29, 1.82) is 0 Å². The zero-order valence-corrected chi connectivity index (χ0v) is 14.9. The number of nitrogens with zero attached hydrogens (tertiary/aromatic N) is 1. The van der Waals surface area contributed by atoms with E-state index < -0.39 is 10.0 Å². The number of alkyl halides is 1. The van der Waals surface area contributed by atoms with Crippen LogP contribution in [-0.4, -0.2) is 37.6 Å². The van der Waals surface area contributed by atoms with Crippen molar-refractivity contribution in [3.8, 4) is 0 Å². The second kappa shape index (κ2) is 8.13. The van der Waals surface area contributed by atoms with E-state index in [-0.39, 0.29) is 10.8 Å². The summed E-state index contributed by atoms with van der Waals surface area (Å²) in [5.41, 5.74) is 0.593. The van der Waals surface area contributed by atoms with Gasteiger partial charge in [-0.15, -0.1) is 11.6 Å². The summed E-state index contributed by atoms with van der Waals surface area (Å²) in [6.07, 6.45) is 2.77. The zero-order valence-electron chi connectivity index (χ0n) is 13.3. The number of piperidine rings is 1. The summed E-state index contributed by atoms with van der Waals surface area (Å²) in [6.45, 7) is 3.28. The lowest BCUT2D eigenvalue weighted by Crippen LogP contribution is -2.37. The smallest absolute Gasteiger partial charge is 0.243 e. The van der Waals surface area contributed by atoms with Crippen LogP contribution in [-0.2, 0) is 14.8 Å². The predicted octanol–water partition coefficient (Wildman–Crippen LogP) is 3.06. The van der Waals surface area contributed by atoms with Gasteiger partial charge in [-0.2, -0.15) is 4.31 Å². The Morgan fingerprint density at radius 2 is 1.87 bits per heavy atom. The first-order valence-corrected chi connectivity index (χ1v) is 9.87. The van der Waals surface area contributed by atoms with Gasteiger partial charge in [-0.05, 0) is 49.4 Å². The number of hydrogen-bond donors (Lipinski definition) is 1. The first kappa shape index (κ1) is 18.2. The molecule has 1 aliphatic rings. The number of hydrogen-bond acceptors (Lipinski definition) is 3. The van der Waals surface area contributed by atoms with Crippen LogP contribution in [0.2, 0.25) is 0 Å². The molecule has 0 aliphatic carbocycles. The van der Waals surface area contributed by atoms with Gasteiger partial charge < -0.3 is 5.32 Å². The molecule has 0 saturated carbocycles. The van der Waals surface area contributed by atoms with Gasteiger partial charge in [-0.25, -0.2) is 8.42 Å². The highest BCUT2D eigenvalue weighted by atomic mass is 35.5. The quantitative estimate of drug-likeness (QED) is 0.795. The van der Waals surface area contributed by atoms with Crippen LogP contribution in [0.15, 0.2) is 29.2 Å². The van der Waals surface area contributed by atoms with Gasteiger partial charge in [0.2, 0.25) is 15.9 Å². The fourth-order valence-corrected chi connectivity index (χ4v) is 4.14. The van der Waals surface area contributed by atoms with E-state index in [1.807, 2.05) is 0 Å². The van der Waals surface area contributed by atoms with E-state index in [1.54, 1.807) is 28.6 Å². The van der Waals surface area contributed by atoms with Crippen LogP contribution in [0, 0.1) is 5.92 Å². The molecular weight excluding hydrogens is 336 g/mol. The van der Waals surface area contributed by atoms with Crippen molar-refractivity contribution in [3.63, 3.8) is 0 Å². The summed E-state index contributed by atoms with van der Waals surface area (Å²) < 4.78 is 26.7. The lowest BCUT2D eigenvalue weighted by molar-refractivity contribution is -0.116. The molecule has 1 fully saturated rings. The molecule has 0 aromatic heterocycles. The second-order valence-electron chi connectivity index (χ2n) is 5.95. The minimum Gasteiger partial charge on any atom is -0.326 e. The number of carbonyl (C=O) groups is 1. The molecule has 1 aromatic carbocycles. The number of anilines is 1. The number of nitrogens with one attached hydrogen (secondary N) is 1. The van der Waals surface area contributed by atoms with Crippen LogP contribution in [0.1, 0.15) is 32.6 Å². The molecule has 0 unspecified atom stereocenters. The molecule has 0 spiro atoms. The molecule has 1 amide bonds. The fraction of sp³-hybridized carbons (Fsp3) is 0.562. The molecule has 2 rings (SSSR count).